The second-order valence-corrected chi connectivity index (χ2v) is 8.41. The number of ketones is 1. The Balaban J connectivity index is 2.09. The van der Waals surface area contributed by atoms with E-state index < -0.39 is 5.41 Å². The fraction of sp³-hybridized carbons (Fsp3) is 0.261. The first-order chi connectivity index (χ1) is 13.6. The van der Waals surface area contributed by atoms with Gasteiger partial charge in [0.25, 0.3) is 0 Å². The van der Waals surface area contributed by atoms with Gasteiger partial charge in [-0.2, -0.15) is 0 Å². The van der Waals surface area contributed by atoms with Gasteiger partial charge in [0, 0.05) is 22.3 Å². The van der Waals surface area contributed by atoms with E-state index in [9.17, 15) is 9.59 Å². The standard InChI is InChI=1S/C23H24ClN3O2/c1-14-15(2)27-13-12-17(19(28)11-10-16-8-6-7-9-18(16)24)20(21(27)25-14)26-22(29)23(3,4)5/h6-13H,1-5H3,(H,26,29). The van der Waals surface area contributed by atoms with Crippen LogP contribution in [0.1, 0.15) is 48.1 Å². The number of rotatable bonds is 4. The molecule has 3 aromatic rings. The molecule has 150 valence electrons. The lowest BCUT2D eigenvalue weighted by molar-refractivity contribution is -0.123. The Bertz CT molecular complexity index is 1140. The molecular formula is C23H24ClN3O2. The van der Waals surface area contributed by atoms with Crippen molar-refractivity contribution in [3.05, 3.63) is 70.1 Å². The highest BCUT2D eigenvalue weighted by atomic mass is 35.5. The second-order valence-electron chi connectivity index (χ2n) is 8.00. The monoisotopic (exact) mass is 409 g/mol. The zero-order valence-corrected chi connectivity index (χ0v) is 18.0. The number of pyridine rings is 1. The van der Waals surface area contributed by atoms with Gasteiger partial charge in [-0.25, -0.2) is 4.98 Å². The number of allylic oxidation sites excluding steroid dienone is 1. The average molecular weight is 410 g/mol. The van der Waals surface area contributed by atoms with E-state index in [1.807, 2.05) is 57.2 Å². The number of benzene rings is 1. The number of carbonyl (C=O) groups excluding carboxylic acids is 2. The van der Waals surface area contributed by atoms with E-state index in [-0.39, 0.29) is 11.7 Å². The summed E-state index contributed by atoms with van der Waals surface area (Å²) in [6.07, 6.45) is 4.93. The second kappa shape index (κ2) is 7.84. The molecule has 0 fully saturated rings. The molecule has 0 aliphatic rings. The molecule has 29 heavy (non-hydrogen) atoms. The van der Waals surface area contributed by atoms with Crippen LogP contribution >= 0.6 is 11.6 Å². The van der Waals surface area contributed by atoms with E-state index in [4.69, 9.17) is 11.6 Å². The summed E-state index contributed by atoms with van der Waals surface area (Å²) < 4.78 is 1.88. The van der Waals surface area contributed by atoms with Gasteiger partial charge in [0.1, 0.15) is 0 Å². The van der Waals surface area contributed by atoms with Gasteiger partial charge in [-0.3, -0.25) is 9.59 Å². The van der Waals surface area contributed by atoms with Crippen molar-refractivity contribution in [2.24, 2.45) is 5.41 Å². The Kier molecular flexibility index (Phi) is 5.62. The lowest BCUT2D eigenvalue weighted by atomic mass is 9.95. The minimum atomic E-state index is -0.614. The van der Waals surface area contributed by atoms with Gasteiger partial charge < -0.3 is 9.72 Å². The molecule has 0 aliphatic heterocycles. The van der Waals surface area contributed by atoms with E-state index in [2.05, 4.69) is 10.3 Å². The van der Waals surface area contributed by atoms with Gasteiger partial charge >= 0.3 is 0 Å². The lowest BCUT2D eigenvalue weighted by Gasteiger charge is -2.19. The van der Waals surface area contributed by atoms with Crippen molar-refractivity contribution < 1.29 is 9.59 Å². The van der Waals surface area contributed by atoms with Crippen LogP contribution in [0.5, 0.6) is 0 Å². The van der Waals surface area contributed by atoms with E-state index in [1.54, 1.807) is 24.4 Å². The van der Waals surface area contributed by atoms with Crippen LogP contribution in [0.15, 0.2) is 42.6 Å². The normalized spacial score (nSPS) is 11.9. The molecule has 0 radical (unpaired) electrons. The number of aryl methyl sites for hydroxylation is 2. The van der Waals surface area contributed by atoms with Gasteiger partial charge in [-0.15, -0.1) is 0 Å². The van der Waals surface area contributed by atoms with Crippen LogP contribution in [0, 0.1) is 19.3 Å². The van der Waals surface area contributed by atoms with Gasteiger partial charge in [0.05, 0.1) is 16.9 Å². The predicted octanol–water partition coefficient (Wildman–Crippen LogP) is 5.49. The summed E-state index contributed by atoms with van der Waals surface area (Å²) in [5.41, 5.74) is 3.27. The highest BCUT2D eigenvalue weighted by Gasteiger charge is 2.25. The number of hydrogen-bond acceptors (Lipinski definition) is 3. The molecule has 2 aromatic heterocycles. The molecule has 0 bridgehead atoms. The highest BCUT2D eigenvalue weighted by molar-refractivity contribution is 6.32. The summed E-state index contributed by atoms with van der Waals surface area (Å²) in [5, 5.41) is 3.48. The third-order valence-corrected chi connectivity index (χ3v) is 5.12. The number of carbonyl (C=O) groups is 2. The first kappa shape index (κ1) is 20.8. The number of anilines is 1. The Hall–Kier alpha value is -2.92. The number of imidazole rings is 1. The first-order valence-electron chi connectivity index (χ1n) is 9.36. The largest absolute Gasteiger partial charge is 0.322 e. The van der Waals surface area contributed by atoms with E-state index >= 15 is 0 Å². The third kappa shape index (κ3) is 4.25. The maximum absolute atomic E-state index is 13.0. The number of fused-ring (bicyclic) bond motifs is 1. The van der Waals surface area contributed by atoms with Crippen LogP contribution in [-0.4, -0.2) is 21.1 Å². The van der Waals surface area contributed by atoms with Crippen LogP contribution < -0.4 is 5.32 Å². The predicted molar refractivity (Wildman–Crippen MR) is 118 cm³/mol. The summed E-state index contributed by atoms with van der Waals surface area (Å²) in [4.78, 5) is 30.2. The van der Waals surface area contributed by atoms with Crippen molar-refractivity contribution in [2.75, 3.05) is 5.32 Å². The highest BCUT2D eigenvalue weighted by Crippen LogP contribution is 2.28. The molecule has 3 rings (SSSR count). The Morgan fingerprint density at radius 2 is 1.83 bits per heavy atom. The molecule has 0 saturated heterocycles. The topological polar surface area (TPSA) is 63.5 Å². The van der Waals surface area contributed by atoms with Gasteiger partial charge in [0.2, 0.25) is 5.91 Å². The zero-order chi connectivity index (χ0) is 21.3. The van der Waals surface area contributed by atoms with Crippen molar-refractivity contribution in [3.8, 4) is 0 Å². The van der Waals surface area contributed by atoms with Crippen molar-refractivity contribution in [1.29, 1.82) is 0 Å². The summed E-state index contributed by atoms with van der Waals surface area (Å²) in [7, 11) is 0. The van der Waals surface area contributed by atoms with Gasteiger partial charge in [-0.1, -0.05) is 50.6 Å². The number of halogens is 1. The van der Waals surface area contributed by atoms with Crippen LogP contribution in [-0.2, 0) is 4.79 Å². The zero-order valence-electron chi connectivity index (χ0n) is 17.2. The SMILES string of the molecule is Cc1nc2c(NC(=O)C(C)(C)C)c(C(=O)C=Cc3ccccc3Cl)ccn2c1C. The Morgan fingerprint density at radius 3 is 2.48 bits per heavy atom. The minimum Gasteiger partial charge on any atom is -0.322 e. The minimum absolute atomic E-state index is 0.187. The van der Waals surface area contributed by atoms with Crippen molar-refractivity contribution in [2.45, 2.75) is 34.6 Å². The molecular weight excluding hydrogens is 386 g/mol. The first-order valence-corrected chi connectivity index (χ1v) is 9.74. The van der Waals surface area contributed by atoms with E-state index in [0.29, 0.717) is 21.9 Å². The van der Waals surface area contributed by atoms with Crippen LogP contribution in [0.3, 0.4) is 0 Å². The lowest BCUT2D eigenvalue weighted by Crippen LogP contribution is -2.28. The molecule has 0 atom stereocenters. The van der Waals surface area contributed by atoms with E-state index in [1.165, 1.54) is 6.08 Å². The van der Waals surface area contributed by atoms with E-state index in [0.717, 1.165) is 17.0 Å². The fourth-order valence-corrected chi connectivity index (χ4v) is 3.03. The molecule has 6 heteroatoms. The Labute approximate surface area is 175 Å². The number of nitrogens with zero attached hydrogens (tertiary/aromatic N) is 2. The smallest absolute Gasteiger partial charge is 0.229 e. The summed E-state index contributed by atoms with van der Waals surface area (Å²) >= 11 is 6.17. The molecule has 2 heterocycles. The molecule has 1 N–H and O–H groups in total. The molecule has 0 spiro atoms. The van der Waals surface area contributed by atoms with Crippen LogP contribution in [0.2, 0.25) is 5.02 Å². The van der Waals surface area contributed by atoms with Gasteiger partial charge in [0.15, 0.2) is 11.4 Å². The molecule has 0 saturated carbocycles. The van der Waals surface area contributed by atoms with Gasteiger partial charge in [-0.05, 0) is 43.7 Å². The van der Waals surface area contributed by atoms with Crippen molar-refractivity contribution in [1.82, 2.24) is 9.38 Å². The van der Waals surface area contributed by atoms with Crippen molar-refractivity contribution in [3.63, 3.8) is 0 Å². The molecule has 0 aliphatic carbocycles. The number of amides is 1. The molecule has 0 unspecified atom stereocenters. The molecule has 5 nitrogen and oxygen atoms in total. The summed E-state index contributed by atoms with van der Waals surface area (Å²) in [5.74, 6) is -0.428. The van der Waals surface area contributed by atoms with Crippen LogP contribution in [0.4, 0.5) is 5.69 Å². The fourth-order valence-electron chi connectivity index (χ4n) is 2.83. The maximum Gasteiger partial charge on any atom is 0.229 e. The average Bonchev–Trinajstić information content (AvgIpc) is 2.95. The molecule has 1 amide bonds. The van der Waals surface area contributed by atoms with Crippen molar-refractivity contribution >= 4 is 40.7 Å². The maximum atomic E-state index is 13.0. The third-order valence-electron chi connectivity index (χ3n) is 4.77. The quantitative estimate of drug-likeness (QED) is 0.458. The summed E-state index contributed by atoms with van der Waals surface area (Å²) in [6.45, 7) is 9.32. The number of hydrogen-bond donors (Lipinski definition) is 1. The number of nitrogens with one attached hydrogen (secondary N) is 1. The number of aromatic nitrogens is 2. The van der Waals surface area contributed by atoms with Crippen LogP contribution in [0.25, 0.3) is 11.7 Å². The Morgan fingerprint density at radius 1 is 1.14 bits per heavy atom. The summed E-state index contributed by atoms with van der Waals surface area (Å²) in [6, 6.07) is 8.99. The molecule has 1 aromatic carbocycles.